The summed E-state index contributed by atoms with van der Waals surface area (Å²) >= 11 is 0. The molecule has 2 aromatic rings. The number of nitrogens with zero attached hydrogens (tertiary/aromatic N) is 1. The number of anilines is 1. The van der Waals surface area contributed by atoms with Crippen LogP contribution in [0.2, 0.25) is 0 Å². The van der Waals surface area contributed by atoms with E-state index in [1.165, 1.54) is 12.0 Å². The Balaban J connectivity index is 1.60. The molecule has 25 heavy (non-hydrogen) atoms. The molecule has 0 spiro atoms. The molecular weight excluding hydrogens is 308 g/mol. The van der Waals surface area contributed by atoms with Gasteiger partial charge in [0.05, 0.1) is 12.7 Å². The van der Waals surface area contributed by atoms with Crippen LogP contribution in [0.1, 0.15) is 38.7 Å². The zero-order valence-corrected chi connectivity index (χ0v) is 15.2. The second-order valence-corrected chi connectivity index (χ2v) is 8.04. The summed E-state index contributed by atoms with van der Waals surface area (Å²) in [5, 5.41) is 3.67. The Hall–Kier alpha value is -1.87. The van der Waals surface area contributed by atoms with Crippen LogP contribution < -0.4 is 5.32 Å². The molecule has 0 unspecified atom stereocenters. The second-order valence-electron chi connectivity index (χ2n) is 8.04. The molecule has 3 nitrogen and oxygen atoms in total. The molecule has 132 valence electrons. The van der Waals surface area contributed by atoms with E-state index < -0.39 is 0 Å². The predicted molar refractivity (Wildman–Crippen MR) is 102 cm³/mol. The lowest BCUT2D eigenvalue weighted by Gasteiger charge is -2.44. The van der Waals surface area contributed by atoms with Crippen LogP contribution >= 0.6 is 0 Å². The molecule has 0 bridgehead atoms. The molecule has 3 heteroatoms. The van der Waals surface area contributed by atoms with E-state index in [4.69, 9.17) is 4.74 Å². The highest BCUT2D eigenvalue weighted by molar-refractivity contribution is 5.38. The monoisotopic (exact) mass is 336 g/mol. The van der Waals surface area contributed by atoms with Gasteiger partial charge >= 0.3 is 0 Å². The van der Waals surface area contributed by atoms with E-state index in [-0.39, 0.29) is 5.41 Å². The van der Waals surface area contributed by atoms with Crippen LogP contribution in [-0.4, -0.2) is 23.7 Å². The fourth-order valence-electron chi connectivity index (χ4n) is 4.80. The molecule has 2 aliphatic rings. The molecule has 0 amide bonds. The van der Waals surface area contributed by atoms with Gasteiger partial charge in [0.25, 0.3) is 0 Å². The topological polar surface area (TPSA) is 34.2 Å². The van der Waals surface area contributed by atoms with E-state index in [0.29, 0.717) is 24.0 Å². The minimum absolute atomic E-state index is 0.138. The van der Waals surface area contributed by atoms with Crippen LogP contribution in [0.5, 0.6) is 0 Å². The normalized spacial score (nSPS) is 31.7. The van der Waals surface area contributed by atoms with E-state index in [0.717, 1.165) is 25.3 Å². The molecule has 2 heterocycles. The molecule has 1 aromatic heterocycles. The van der Waals surface area contributed by atoms with Crippen molar-refractivity contribution in [3.05, 3.63) is 60.3 Å². The van der Waals surface area contributed by atoms with Crippen molar-refractivity contribution in [2.24, 2.45) is 11.8 Å². The first-order valence-corrected chi connectivity index (χ1v) is 9.52. The van der Waals surface area contributed by atoms with Crippen LogP contribution in [0.4, 0.5) is 5.82 Å². The number of hydrogen-bond acceptors (Lipinski definition) is 3. The van der Waals surface area contributed by atoms with E-state index in [2.05, 4.69) is 60.5 Å². The molecule has 4 atom stereocenters. The largest absolute Gasteiger partial charge is 0.377 e. The molecule has 2 fully saturated rings. The van der Waals surface area contributed by atoms with Gasteiger partial charge in [0.15, 0.2) is 0 Å². The number of benzene rings is 1. The lowest BCUT2D eigenvalue weighted by atomic mass is 9.68. The first-order chi connectivity index (χ1) is 12.2. The van der Waals surface area contributed by atoms with E-state index in [9.17, 15) is 0 Å². The summed E-state index contributed by atoms with van der Waals surface area (Å²) < 4.78 is 6.37. The van der Waals surface area contributed by atoms with Gasteiger partial charge < -0.3 is 10.1 Å². The van der Waals surface area contributed by atoms with Crippen molar-refractivity contribution in [2.45, 2.75) is 50.7 Å². The third-order valence-electron chi connectivity index (χ3n) is 6.14. The molecule has 1 aromatic carbocycles. The van der Waals surface area contributed by atoms with Crippen LogP contribution in [0.25, 0.3) is 0 Å². The van der Waals surface area contributed by atoms with Crippen molar-refractivity contribution >= 4 is 5.82 Å². The highest BCUT2D eigenvalue weighted by atomic mass is 16.5. The predicted octanol–water partition coefficient (Wildman–Crippen LogP) is 4.66. The van der Waals surface area contributed by atoms with Gasteiger partial charge in [-0.3, -0.25) is 0 Å². The van der Waals surface area contributed by atoms with E-state index >= 15 is 0 Å². The average molecular weight is 336 g/mol. The molecule has 1 N–H and O–H groups in total. The van der Waals surface area contributed by atoms with Gasteiger partial charge in [0.2, 0.25) is 0 Å². The Morgan fingerprint density at radius 2 is 1.88 bits per heavy atom. The standard InChI is InChI=1S/C22H28N2O/c1-16(2)20-13-18-12-19(24-21-10-6-7-11-23-21)14-22(18,15-25-20)17-8-4-3-5-9-17/h3-11,16,18-20H,12-15H2,1-2H3,(H,23,24)/t18-,19+,20-,22+/m0/s1. The smallest absolute Gasteiger partial charge is 0.126 e. The number of nitrogens with one attached hydrogen (secondary N) is 1. The zero-order valence-electron chi connectivity index (χ0n) is 15.2. The van der Waals surface area contributed by atoms with Crippen molar-refractivity contribution in [3.8, 4) is 0 Å². The van der Waals surface area contributed by atoms with Gasteiger partial charge in [-0.15, -0.1) is 0 Å². The minimum atomic E-state index is 0.138. The molecular formula is C22H28N2O. The van der Waals surface area contributed by atoms with Crippen molar-refractivity contribution in [1.82, 2.24) is 4.98 Å². The van der Waals surface area contributed by atoms with Gasteiger partial charge in [0, 0.05) is 17.7 Å². The Kier molecular flexibility index (Phi) is 4.51. The number of hydrogen-bond donors (Lipinski definition) is 1. The van der Waals surface area contributed by atoms with E-state index in [1.807, 2.05) is 18.3 Å². The van der Waals surface area contributed by atoms with Crippen LogP contribution in [-0.2, 0) is 10.2 Å². The Morgan fingerprint density at radius 1 is 1.08 bits per heavy atom. The summed E-state index contributed by atoms with van der Waals surface area (Å²) in [6, 6.07) is 17.5. The molecule has 4 rings (SSSR count). The molecule has 0 radical (unpaired) electrons. The first-order valence-electron chi connectivity index (χ1n) is 9.52. The summed E-state index contributed by atoms with van der Waals surface area (Å²) in [7, 11) is 0. The maximum absolute atomic E-state index is 6.37. The summed E-state index contributed by atoms with van der Waals surface area (Å²) in [6.07, 6.45) is 5.71. The van der Waals surface area contributed by atoms with Crippen LogP contribution in [0.15, 0.2) is 54.7 Å². The summed E-state index contributed by atoms with van der Waals surface area (Å²) in [6.45, 7) is 5.39. The summed E-state index contributed by atoms with van der Waals surface area (Å²) in [5.41, 5.74) is 1.58. The minimum Gasteiger partial charge on any atom is -0.377 e. The van der Waals surface area contributed by atoms with Crippen molar-refractivity contribution < 1.29 is 4.74 Å². The highest BCUT2D eigenvalue weighted by Gasteiger charge is 2.52. The van der Waals surface area contributed by atoms with Gasteiger partial charge in [-0.2, -0.15) is 0 Å². The summed E-state index contributed by atoms with van der Waals surface area (Å²) in [5.74, 6) is 2.23. The number of rotatable bonds is 4. The van der Waals surface area contributed by atoms with Crippen LogP contribution in [0, 0.1) is 11.8 Å². The lowest BCUT2D eigenvalue weighted by Crippen LogP contribution is -2.45. The van der Waals surface area contributed by atoms with Crippen molar-refractivity contribution in [3.63, 3.8) is 0 Å². The fourth-order valence-corrected chi connectivity index (χ4v) is 4.80. The summed E-state index contributed by atoms with van der Waals surface area (Å²) in [4.78, 5) is 4.46. The number of fused-ring (bicyclic) bond motifs is 1. The molecule has 1 aliphatic heterocycles. The quantitative estimate of drug-likeness (QED) is 0.882. The number of pyridine rings is 1. The Labute approximate surface area is 150 Å². The molecule has 1 saturated heterocycles. The Morgan fingerprint density at radius 3 is 2.60 bits per heavy atom. The highest BCUT2D eigenvalue weighted by Crippen LogP contribution is 2.52. The van der Waals surface area contributed by atoms with Crippen molar-refractivity contribution in [1.29, 1.82) is 0 Å². The van der Waals surface area contributed by atoms with Gasteiger partial charge in [0.1, 0.15) is 5.82 Å². The third-order valence-corrected chi connectivity index (χ3v) is 6.14. The van der Waals surface area contributed by atoms with Crippen LogP contribution in [0.3, 0.4) is 0 Å². The maximum Gasteiger partial charge on any atom is 0.126 e. The zero-order chi connectivity index (χ0) is 17.3. The second kappa shape index (κ2) is 6.80. The molecule has 1 aliphatic carbocycles. The maximum atomic E-state index is 6.37. The first kappa shape index (κ1) is 16.6. The average Bonchev–Trinajstić information content (AvgIpc) is 3.01. The van der Waals surface area contributed by atoms with E-state index in [1.54, 1.807) is 0 Å². The Bertz CT molecular complexity index is 688. The number of ether oxygens (including phenoxy) is 1. The lowest BCUT2D eigenvalue weighted by molar-refractivity contribution is -0.0733. The fraction of sp³-hybridized carbons (Fsp3) is 0.500. The van der Waals surface area contributed by atoms with Gasteiger partial charge in [-0.1, -0.05) is 50.2 Å². The van der Waals surface area contributed by atoms with Gasteiger partial charge in [-0.25, -0.2) is 4.98 Å². The SMILES string of the molecule is CC(C)[C@@H]1C[C@@H]2C[C@@H](Nc3ccccn3)C[C@]2(c2ccccc2)CO1. The third kappa shape index (κ3) is 3.18. The number of aromatic nitrogens is 1. The van der Waals surface area contributed by atoms with Gasteiger partial charge in [-0.05, 0) is 48.8 Å². The molecule has 1 saturated carbocycles. The van der Waals surface area contributed by atoms with Crippen molar-refractivity contribution in [2.75, 3.05) is 11.9 Å².